The van der Waals surface area contributed by atoms with Gasteiger partial charge in [0.1, 0.15) is 0 Å². The highest BCUT2D eigenvalue weighted by Crippen LogP contribution is 2.23. The van der Waals surface area contributed by atoms with Crippen LogP contribution < -0.4 is 10.2 Å². The highest BCUT2D eigenvalue weighted by Gasteiger charge is 2.12. The fourth-order valence-electron chi connectivity index (χ4n) is 2.25. The Bertz CT molecular complexity index is 652. The van der Waals surface area contributed by atoms with E-state index < -0.39 is 0 Å². The molecular formula is C18H24N4O. The van der Waals surface area contributed by atoms with E-state index in [1.165, 1.54) is 5.56 Å². The maximum atomic E-state index is 12.0. The number of carbonyl (C=O) groups excluding carboxylic acids is 1. The van der Waals surface area contributed by atoms with Crippen LogP contribution in [0.5, 0.6) is 0 Å². The number of anilines is 2. The van der Waals surface area contributed by atoms with Gasteiger partial charge in [0.2, 0.25) is 0 Å². The first-order valence-electron chi connectivity index (χ1n) is 7.97. The molecule has 2 aromatic rings. The molecule has 0 aliphatic heterocycles. The first-order chi connectivity index (χ1) is 11.0. The molecule has 0 radical (unpaired) electrons. The lowest BCUT2D eigenvalue weighted by Crippen LogP contribution is -2.28. The van der Waals surface area contributed by atoms with Crippen LogP contribution in [0.2, 0.25) is 0 Å². The summed E-state index contributed by atoms with van der Waals surface area (Å²) in [6.07, 6.45) is 0. The van der Waals surface area contributed by atoms with Gasteiger partial charge >= 0.3 is 0 Å². The number of hydrogen-bond acceptors (Lipinski definition) is 4. The highest BCUT2D eigenvalue weighted by atomic mass is 16.1. The van der Waals surface area contributed by atoms with Crippen LogP contribution in [0.25, 0.3) is 0 Å². The van der Waals surface area contributed by atoms with E-state index in [2.05, 4.69) is 60.2 Å². The van der Waals surface area contributed by atoms with Crippen LogP contribution in [-0.4, -0.2) is 29.2 Å². The van der Waals surface area contributed by atoms with Crippen molar-refractivity contribution in [1.82, 2.24) is 15.5 Å². The highest BCUT2D eigenvalue weighted by molar-refractivity contribution is 5.92. The minimum atomic E-state index is -0.184. The third-order valence-corrected chi connectivity index (χ3v) is 3.46. The molecule has 0 saturated carbocycles. The number of aromatic nitrogens is 2. The molecule has 0 atom stereocenters. The van der Waals surface area contributed by atoms with Gasteiger partial charge in [-0.1, -0.05) is 26.0 Å². The molecule has 0 unspecified atom stereocenters. The smallest absolute Gasteiger partial charge is 0.271 e. The van der Waals surface area contributed by atoms with Crippen molar-refractivity contribution in [3.05, 3.63) is 47.7 Å². The summed E-state index contributed by atoms with van der Waals surface area (Å²) >= 11 is 0. The monoisotopic (exact) mass is 312 g/mol. The number of nitrogens with one attached hydrogen (secondary N) is 1. The third kappa shape index (κ3) is 4.52. The number of hydrogen-bond donors (Lipinski definition) is 1. The number of carbonyl (C=O) groups is 1. The molecule has 5 nitrogen and oxygen atoms in total. The van der Waals surface area contributed by atoms with E-state index in [0.29, 0.717) is 18.2 Å². The summed E-state index contributed by atoms with van der Waals surface area (Å²) in [4.78, 5) is 14.1. The molecule has 2 rings (SSSR count). The maximum Gasteiger partial charge on any atom is 0.271 e. The summed E-state index contributed by atoms with van der Waals surface area (Å²) in [5.74, 6) is 0.956. The molecule has 23 heavy (non-hydrogen) atoms. The number of rotatable bonds is 6. The SMILES string of the molecule is CCN(c1cccc(C)c1)c1ccc(C(=O)NCC(C)C)nn1. The lowest BCUT2D eigenvalue weighted by Gasteiger charge is -2.22. The van der Waals surface area contributed by atoms with Crippen LogP contribution in [0, 0.1) is 12.8 Å². The first kappa shape index (κ1) is 16.9. The van der Waals surface area contributed by atoms with Crippen molar-refractivity contribution in [1.29, 1.82) is 0 Å². The fourth-order valence-corrected chi connectivity index (χ4v) is 2.25. The number of nitrogens with zero attached hydrogens (tertiary/aromatic N) is 3. The van der Waals surface area contributed by atoms with Gasteiger partial charge in [0.15, 0.2) is 11.5 Å². The van der Waals surface area contributed by atoms with Crippen molar-refractivity contribution >= 4 is 17.4 Å². The fraction of sp³-hybridized carbons (Fsp3) is 0.389. The Hall–Kier alpha value is -2.43. The van der Waals surface area contributed by atoms with Crippen molar-refractivity contribution < 1.29 is 4.79 Å². The average Bonchev–Trinajstić information content (AvgIpc) is 2.54. The van der Waals surface area contributed by atoms with E-state index in [0.717, 1.165) is 18.1 Å². The van der Waals surface area contributed by atoms with Crippen LogP contribution in [0.1, 0.15) is 36.8 Å². The van der Waals surface area contributed by atoms with Crippen molar-refractivity contribution in [2.24, 2.45) is 5.92 Å². The second kappa shape index (κ2) is 7.72. The lowest BCUT2D eigenvalue weighted by atomic mass is 10.2. The van der Waals surface area contributed by atoms with E-state index >= 15 is 0 Å². The molecule has 1 aromatic carbocycles. The molecule has 122 valence electrons. The van der Waals surface area contributed by atoms with Gasteiger partial charge in [-0.25, -0.2) is 0 Å². The molecule has 0 fully saturated rings. The second-order valence-corrected chi connectivity index (χ2v) is 5.96. The summed E-state index contributed by atoms with van der Waals surface area (Å²) in [5, 5.41) is 11.1. The molecule has 1 heterocycles. The number of aryl methyl sites for hydroxylation is 1. The van der Waals surface area contributed by atoms with Crippen molar-refractivity contribution in [3.8, 4) is 0 Å². The van der Waals surface area contributed by atoms with Crippen LogP contribution >= 0.6 is 0 Å². The van der Waals surface area contributed by atoms with Gasteiger partial charge in [0, 0.05) is 18.8 Å². The molecule has 0 aliphatic rings. The zero-order chi connectivity index (χ0) is 16.8. The predicted octanol–water partition coefficient (Wildman–Crippen LogP) is 3.33. The zero-order valence-electron chi connectivity index (χ0n) is 14.2. The summed E-state index contributed by atoms with van der Waals surface area (Å²) in [6.45, 7) is 9.63. The molecule has 1 amide bonds. The van der Waals surface area contributed by atoms with Crippen LogP contribution in [0.3, 0.4) is 0 Å². The third-order valence-electron chi connectivity index (χ3n) is 3.46. The van der Waals surface area contributed by atoms with Gasteiger partial charge in [-0.3, -0.25) is 4.79 Å². The van der Waals surface area contributed by atoms with Gasteiger partial charge in [-0.15, -0.1) is 10.2 Å². The molecule has 0 spiro atoms. The first-order valence-corrected chi connectivity index (χ1v) is 7.97. The van der Waals surface area contributed by atoms with Crippen LogP contribution in [0.4, 0.5) is 11.5 Å². The van der Waals surface area contributed by atoms with E-state index in [-0.39, 0.29) is 5.91 Å². The Kier molecular flexibility index (Phi) is 5.68. The molecule has 0 saturated heterocycles. The van der Waals surface area contributed by atoms with E-state index in [1.54, 1.807) is 6.07 Å². The van der Waals surface area contributed by atoms with Crippen LogP contribution in [0.15, 0.2) is 36.4 Å². The predicted molar refractivity (Wildman–Crippen MR) is 93.1 cm³/mol. The molecule has 1 N–H and O–H groups in total. The van der Waals surface area contributed by atoms with Crippen molar-refractivity contribution in [3.63, 3.8) is 0 Å². The summed E-state index contributed by atoms with van der Waals surface area (Å²) in [5.41, 5.74) is 2.60. The van der Waals surface area contributed by atoms with E-state index in [1.807, 2.05) is 18.2 Å². The Balaban J connectivity index is 2.15. The van der Waals surface area contributed by atoms with Crippen LogP contribution in [-0.2, 0) is 0 Å². The normalized spacial score (nSPS) is 10.7. The van der Waals surface area contributed by atoms with E-state index in [4.69, 9.17) is 0 Å². The second-order valence-electron chi connectivity index (χ2n) is 5.96. The number of benzene rings is 1. The van der Waals surface area contributed by atoms with Gasteiger partial charge in [-0.05, 0) is 49.6 Å². The minimum absolute atomic E-state index is 0.184. The lowest BCUT2D eigenvalue weighted by molar-refractivity contribution is 0.0943. The molecule has 5 heteroatoms. The molecular weight excluding hydrogens is 288 g/mol. The zero-order valence-corrected chi connectivity index (χ0v) is 14.2. The summed E-state index contributed by atoms with van der Waals surface area (Å²) < 4.78 is 0. The summed E-state index contributed by atoms with van der Waals surface area (Å²) in [7, 11) is 0. The number of amides is 1. The average molecular weight is 312 g/mol. The Morgan fingerprint density at radius 3 is 2.57 bits per heavy atom. The van der Waals surface area contributed by atoms with Gasteiger partial charge in [-0.2, -0.15) is 0 Å². The molecule has 0 aliphatic carbocycles. The Morgan fingerprint density at radius 1 is 1.22 bits per heavy atom. The van der Waals surface area contributed by atoms with Gasteiger partial charge in [0.25, 0.3) is 5.91 Å². The Labute approximate surface area is 137 Å². The largest absolute Gasteiger partial charge is 0.350 e. The topological polar surface area (TPSA) is 58.1 Å². The van der Waals surface area contributed by atoms with E-state index in [9.17, 15) is 4.79 Å². The molecule has 1 aromatic heterocycles. The van der Waals surface area contributed by atoms with Crippen molar-refractivity contribution in [2.75, 3.05) is 18.0 Å². The van der Waals surface area contributed by atoms with Gasteiger partial charge < -0.3 is 10.2 Å². The maximum absolute atomic E-state index is 12.0. The summed E-state index contributed by atoms with van der Waals surface area (Å²) in [6, 6.07) is 11.8. The van der Waals surface area contributed by atoms with Gasteiger partial charge in [0.05, 0.1) is 0 Å². The quantitative estimate of drug-likeness (QED) is 0.889. The minimum Gasteiger partial charge on any atom is -0.350 e. The van der Waals surface area contributed by atoms with Crippen molar-refractivity contribution in [2.45, 2.75) is 27.7 Å². The standard InChI is InChI=1S/C18H24N4O/c1-5-22(15-8-6-7-14(4)11-15)17-10-9-16(20-21-17)18(23)19-12-13(2)3/h6-11,13H,5,12H2,1-4H3,(H,19,23). The molecule has 0 bridgehead atoms. The Morgan fingerprint density at radius 2 is 2.00 bits per heavy atom.